The van der Waals surface area contributed by atoms with Crippen molar-refractivity contribution in [2.24, 2.45) is 0 Å². The first-order valence-corrected chi connectivity index (χ1v) is 7.64. The van der Waals surface area contributed by atoms with E-state index in [2.05, 4.69) is 20.4 Å². The minimum absolute atomic E-state index is 0. The summed E-state index contributed by atoms with van der Waals surface area (Å²) in [5.41, 5.74) is -0.437. The number of benzene rings is 1. The molecular formula is C15H19ClF3N5O. The molecule has 2 atom stereocenters. The second-order valence-electron chi connectivity index (χ2n) is 5.96. The van der Waals surface area contributed by atoms with Gasteiger partial charge in [-0.15, -0.1) is 17.5 Å². The van der Waals surface area contributed by atoms with Crippen LogP contribution in [0.3, 0.4) is 0 Å². The molecule has 2 heterocycles. The van der Waals surface area contributed by atoms with E-state index < -0.39 is 11.7 Å². The van der Waals surface area contributed by atoms with E-state index >= 15 is 0 Å². The lowest BCUT2D eigenvalue weighted by molar-refractivity contribution is -0.137. The highest BCUT2D eigenvalue weighted by Gasteiger charge is 2.31. The van der Waals surface area contributed by atoms with Crippen LogP contribution in [0.15, 0.2) is 24.3 Å². The van der Waals surface area contributed by atoms with Crippen LogP contribution >= 0.6 is 12.4 Å². The molecule has 1 saturated heterocycles. The van der Waals surface area contributed by atoms with Gasteiger partial charge >= 0.3 is 6.18 Å². The second-order valence-corrected chi connectivity index (χ2v) is 5.96. The van der Waals surface area contributed by atoms with Gasteiger partial charge in [-0.05, 0) is 42.5 Å². The maximum atomic E-state index is 12.9. The second kappa shape index (κ2) is 7.67. The molecular weight excluding hydrogens is 359 g/mol. The van der Waals surface area contributed by atoms with Gasteiger partial charge in [0.15, 0.2) is 5.82 Å². The molecule has 1 fully saturated rings. The average molecular weight is 378 g/mol. The highest BCUT2D eigenvalue weighted by molar-refractivity contribution is 5.85. The van der Waals surface area contributed by atoms with Crippen LogP contribution in [-0.4, -0.2) is 50.4 Å². The molecule has 2 aromatic rings. The molecule has 138 valence electrons. The minimum atomic E-state index is -4.41. The van der Waals surface area contributed by atoms with E-state index in [0.29, 0.717) is 31.3 Å². The molecule has 0 spiro atoms. The van der Waals surface area contributed by atoms with Gasteiger partial charge in [0.25, 0.3) is 0 Å². The molecule has 1 aliphatic rings. The van der Waals surface area contributed by atoms with Gasteiger partial charge in [0, 0.05) is 12.1 Å². The summed E-state index contributed by atoms with van der Waals surface area (Å²) in [6.07, 6.45) is -4.41. The number of aromatic nitrogens is 4. The molecule has 2 unspecified atom stereocenters. The Labute approximate surface area is 149 Å². The molecule has 3 rings (SSSR count). The summed E-state index contributed by atoms with van der Waals surface area (Å²) < 4.78 is 45.5. The summed E-state index contributed by atoms with van der Waals surface area (Å²) in [7, 11) is 0. The van der Waals surface area contributed by atoms with E-state index in [9.17, 15) is 13.2 Å². The Morgan fingerprint density at radius 3 is 2.52 bits per heavy atom. The van der Waals surface area contributed by atoms with Crippen LogP contribution in [0.1, 0.15) is 25.2 Å². The summed E-state index contributed by atoms with van der Waals surface area (Å²) in [6, 6.07) is 5.34. The molecule has 0 bridgehead atoms. The number of halogens is 4. The van der Waals surface area contributed by atoms with Crippen LogP contribution in [0.5, 0.6) is 0 Å². The Morgan fingerprint density at radius 1 is 1.20 bits per heavy atom. The first-order valence-electron chi connectivity index (χ1n) is 7.64. The number of rotatable bonds is 3. The molecule has 0 aliphatic carbocycles. The van der Waals surface area contributed by atoms with Gasteiger partial charge in [0.2, 0.25) is 0 Å². The molecule has 0 saturated carbocycles. The average Bonchev–Trinajstić information content (AvgIpc) is 2.99. The number of hydrogen-bond donors (Lipinski definition) is 0. The molecule has 0 amide bonds. The van der Waals surface area contributed by atoms with Crippen molar-refractivity contribution in [2.75, 3.05) is 13.2 Å². The third kappa shape index (κ3) is 4.28. The standard InChI is InChI=1S/C15H18F3N5O.ClH/c1-10-8-24-9-11(2)22(10)7-14-19-20-21-23(14)13-5-3-4-12(6-13)15(16,17)18;/h3-6,10-11H,7-9H2,1-2H3;1H. The van der Waals surface area contributed by atoms with Crippen molar-refractivity contribution < 1.29 is 17.9 Å². The topological polar surface area (TPSA) is 56.1 Å². The van der Waals surface area contributed by atoms with E-state index in [1.165, 1.54) is 10.7 Å². The Bertz CT molecular complexity index is 698. The minimum Gasteiger partial charge on any atom is -0.378 e. The summed E-state index contributed by atoms with van der Waals surface area (Å²) in [5.74, 6) is 0.495. The smallest absolute Gasteiger partial charge is 0.378 e. The number of alkyl halides is 3. The van der Waals surface area contributed by atoms with Gasteiger partial charge in [-0.3, -0.25) is 4.90 Å². The van der Waals surface area contributed by atoms with Gasteiger partial charge in [-0.1, -0.05) is 6.07 Å². The molecule has 25 heavy (non-hydrogen) atoms. The lowest BCUT2D eigenvalue weighted by atomic mass is 10.1. The zero-order valence-electron chi connectivity index (χ0n) is 13.8. The quantitative estimate of drug-likeness (QED) is 0.823. The lowest BCUT2D eigenvalue weighted by Crippen LogP contribution is -2.49. The van der Waals surface area contributed by atoms with Crippen molar-refractivity contribution in [3.63, 3.8) is 0 Å². The van der Waals surface area contributed by atoms with Crippen molar-refractivity contribution in [2.45, 2.75) is 38.7 Å². The summed E-state index contributed by atoms with van der Waals surface area (Å²) in [5, 5.41) is 11.5. The largest absolute Gasteiger partial charge is 0.416 e. The predicted molar refractivity (Wildman–Crippen MR) is 86.7 cm³/mol. The summed E-state index contributed by atoms with van der Waals surface area (Å²) >= 11 is 0. The van der Waals surface area contributed by atoms with Gasteiger partial charge in [0.1, 0.15) is 0 Å². The predicted octanol–water partition coefficient (Wildman–Crippen LogP) is 2.71. The number of hydrogen-bond acceptors (Lipinski definition) is 5. The Morgan fingerprint density at radius 2 is 1.88 bits per heavy atom. The molecule has 0 radical (unpaired) electrons. The molecule has 6 nitrogen and oxygen atoms in total. The van der Waals surface area contributed by atoms with Gasteiger partial charge in [0.05, 0.1) is 31.0 Å². The SMILES string of the molecule is CC1COCC(C)N1Cc1nnnn1-c1cccc(C(F)(F)F)c1.Cl. The fourth-order valence-corrected chi connectivity index (χ4v) is 2.83. The number of tetrazole rings is 1. The van der Waals surface area contributed by atoms with Gasteiger partial charge < -0.3 is 4.74 Å². The van der Waals surface area contributed by atoms with Crippen molar-refractivity contribution in [1.82, 2.24) is 25.1 Å². The summed E-state index contributed by atoms with van der Waals surface area (Å²) in [4.78, 5) is 2.18. The first-order chi connectivity index (χ1) is 11.4. The van der Waals surface area contributed by atoms with Crippen molar-refractivity contribution >= 4 is 12.4 Å². The maximum Gasteiger partial charge on any atom is 0.416 e. The van der Waals surface area contributed by atoms with Crippen LogP contribution in [-0.2, 0) is 17.5 Å². The molecule has 10 heteroatoms. The van der Waals surface area contributed by atoms with Crippen LogP contribution < -0.4 is 0 Å². The maximum absolute atomic E-state index is 12.9. The molecule has 0 N–H and O–H groups in total. The molecule has 1 aliphatic heterocycles. The zero-order valence-corrected chi connectivity index (χ0v) is 14.6. The van der Waals surface area contributed by atoms with Crippen molar-refractivity contribution in [1.29, 1.82) is 0 Å². The van der Waals surface area contributed by atoms with Crippen molar-refractivity contribution in [3.05, 3.63) is 35.7 Å². The van der Waals surface area contributed by atoms with E-state index in [1.807, 2.05) is 13.8 Å². The molecule has 1 aromatic carbocycles. The van der Waals surface area contributed by atoms with Crippen LogP contribution in [0.2, 0.25) is 0 Å². The van der Waals surface area contributed by atoms with E-state index in [1.54, 1.807) is 6.07 Å². The Balaban J connectivity index is 0.00000225. The van der Waals surface area contributed by atoms with Gasteiger partial charge in [-0.2, -0.15) is 17.9 Å². The first kappa shape index (κ1) is 19.6. The Hall–Kier alpha value is -1.71. The highest BCUT2D eigenvalue weighted by atomic mass is 35.5. The number of morpholine rings is 1. The summed E-state index contributed by atoms with van der Waals surface area (Å²) in [6.45, 7) is 5.72. The van der Waals surface area contributed by atoms with Crippen molar-refractivity contribution in [3.8, 4) is 5.69 Å². The highest BCUT2D eigenvalue weighted by Crippen LogP contribution is 2.30. The van der Waals surface area contributed by atoms with Crippen LogP contribution in [0, 0.1) is 0 Å². The van der Waals surface area contributed by atoms with E-state index in [4.69, 9.17) is 4.74 Å². The third-order valence-electron chi connectivity index (χ3n) is 4.13. The van der Waals surface area contributed by atoms with Gasteiger partial charge in [-0.25, -0.2) is 0 Å². The fraction of sp³-hybridized carbons (Fsp3) is 0.533. The lowest BCUT2D eigenvalue weighted by Gasteiger charge is -2.38. The van der Waals surface area contributed by atoms with E-state index in [0.717, 1.165) is 12.1 Å². The van der Waals surface area contributed by atoms with E-state index in [-0.39, 0.29) is 24.5 Å². The number of nitrogens with zero attached hydrogens (tertiary/aromatic N) is 5. The normalized spacial score (nSPS) is 21.8. The van der Waals surface area contributed by atoms with Crippen LogP contribution in [0.4, 0.5) is 13.2 Å². The van der Waals surface area contributed by atoms with Crippen LogP contribution in [0.25, 0.3) is 5.69 Å². The molecule has 1 aromatic heterocycles. The third-order valence-corrected chi connectivity index (χ3v) is 4.13. The fourth-order valence-electron chi connectivity index (χ4n) is 2.83. The zero-order chi connectivity index (χ0) is 17.3. The monoisotopic (exact) mass is 377 g/mol. The number of ether oxygens (including phenoxy) is 1. The Kier molecular flexibility index (Phi) is 6.02.